The summed E-state index contributed by atoms with van der Waals surface area (Å²) in [6.07, 6.45) is 1.51. The van der Waals surface area contributed by atoms with Crippen molar-refractivity contribution in [2.75, 3.05) is 18.5 Å². The molecule has 2 aromatic carbocycles. The maximum absolute atomic E-state index is 13.1. The van der Waals surface area contributed by atoms with Gasteiger partial charge in [0.05, 0.1) is 28.4 Å². The molecule has 1 atom stereocenters. The number of carbonyl (C=O) groups is 1. The van der Waals surface area contributed by atoms with Crippen molar-refractivity contribution in [3.8, 4) is 5.75 Å². The van der Waals surface area contributed by atoms with E-state index in [1.165, 1.54) is 6.07 Å². The van der Waals surface area contributed by atoms with Gasteiger partial charge in [0.2, 0.25) is 5.91 Å². The molecule has 0 radical (unpaired) electrons. The van der Waals surface area contributed by atoms with Crippen LogP contribution in [0.5, 0.6) is 5.75 Å². The number of halogens is 3. The van der Waals surface area contributed by atoms with Gasteiger partial charge in [0.25, 0.3) is 0 Å². The third-order valence-corrected chi connectivity index (χ3v) is 6.29. The summed E-state index contributed by atoms with van der Waals surface area (Å²) in [5.74, 6) is 0.0233. The highest BCUT2D eigenvalue weighted by Crippen LogP contribution is 2.42. The molecule has 3 N–H and O–H groups in total. The number of nitrogens with two attached hydrogens (primary N) is 1. The lowest BCUT2D eigenvalue weighted by molar-refractivity contribution is -0.132. The van der Waals surface area contributed by atoms with Gasteiger partial charge in [0.1, 0.15) is 5.75 Å². The maximum atomic E-state index is 13.1. The van der Waals surface area contributed by atoms with Crippen molar-refractivity contribution >= 4 is 34.8 Å². The van der Waals surface area contributed by atoms with Gasteiger partial charge in [-0.3, -0.25) is 9.69 Å². The molecule has 0 aliphatic carbocycles. The minimum absolute atomic E-state index is 0.0117. The number of hydrogen-bond donors (Lipinski definition) is 2. The van der Waals surface area contributed by atoms with Gasteiger partial charge in [-0.1, -0.05) is 35.9 Å². The molecule has 0 saturated carbocycles. The quantitative estimate of drug-likeness (QED) is 0.632. The van der Waals surface area contributed by atoms with E-state index in [-0.39, 0.29) is 30.1 Å². The van der Waals surface area contributed by atoms with E-state index in [4.69, 9.17) is 22.1 Å². The van der Waals surface area contributed by atoms with Crippen LogP contribution in [-0.4, -0.2) is 42.6 Å². The second-order valence-corrected chi connectivity index (χ2v) is 8.57. The number of ether oxygens (including phenoxy) is 2. The van der Waals surface area contributed by atoms with Gasteiger partial charge in [-0.25, -0.2) is 4.99 Å². The lowest BCUT2D eigenvalue weighted by Gasteiger charge is -2.40. The molecule has 2 aliphatic heterocycles. The Balaban J connectivity index is 1.64. The van der Waals surface area contributed by atoms with E-state index in [9.17, 15) is 13.6 Å². The van der Waals surface area contributed by atoms with Crippen LogP contribution in [0.3, 0.4) is 0 Å². The second-order valence-electron chi connectivity index (χ2n) is 8.19. The van der Waals surface area contributed by atoms with E-state index in [2.05, 4.69) is 15.0 Å². The molecule has 0 bridgehead atoms. The van der Waals surface area contributed by atoms with Crippen LogP contribution in [0.4, 0.5) is 20.2 Å². The molecule has 2 aromatic rings. The number of hydrogen-bond acceptors (Lipinski definition) is 6. The first-order valence-corrected chi connectivity index (χ1v) is 11.0. The number of para-hydroxylation sites is 2. The monoisotopic (exact) mass is 478 g/mol. The second kappa shape index (κ2) is 9.52. The van der Waals surface area contributed by atoms with Gasteiger partial charge in [0, 0.05) is 24.8 Å². The molecule has 0 aromatic heterocycles. The Bertz CT molecular complexity index is 1060. The average Bonchev–Trinajstić information content (AvgIpc) is 2.76. The smallest absolute Gasteiger partial charge is 0.387 e. The summed E-state index contributed by atoms with van der Waals surface area (Å²) < 4.78 is 35.5. The van der Waals surface area contributed by atoms with Crippen molar-refractivity contribution in [2.24, 2.45) is 10.7 Å². The number of nitrogens with one attached hydrogen (secondary N) is 1. The van der Waals surface area contributed by atoms with Crippen LogP contribution in [0.25, 0.3) is 0 Å². The van der Waals surface area contributed by atoms with E-state index >= 15 is 0 Å². The lowest BCUT2D eigenvalue weighted by Crippen LogP contribution is -2.55. The van der Waals surface area contributed by atoms with Crippen molar-refractivity contribution in [1.29, 1.82) is 0 Å². The fourth-order valence-electron chi connectivity index (χ4n) is 4.30. The predicted octanol–water partition coefficient (Wildman–Crippen LogP) is 4.63. The number of anilines is 2. The van der Waals surface area contributed by atoms with Crippen LogP contribution in [0.2, 0.25) is 5.02 Å². The molecule has 0 spiro atoms. The third-order valence-electron chi connectivity index (χ3n) is 5.88. The standard InChI is InChI=1S/C23H25ClF2N4O3/c1-23(13-19(31)30(22(27)29-23)14-9-11-32-12-10-14)15-5-4-7-17(20(15)24)28-16-6-2-3-8-18(16)33-21(25)26/h2-8,14,21,28H,9-13H2,1H3,(H2,27,29)/t23-/m0/s1. The predicted molar refractivity (Wildman–Crippen MR) is 122 cm³/mol. The molecule has 2 aliphatic rings. The summed E-state index contributed by atoms with van der Waals surface area (Å²) >= 11 is 6.72. The van der Waals surface area contributed by atoms with Crippen LogP contribution in [0.15, 0.2) is 47.5 Å². The summed E-state index contributed by atoms with van der Waals surface area (Å²) in [6, 6.07) is 11.5. The van der Waals surface area contributed by atoms with Gasteiger partial charge in [-0.15, -0.1) is 0 Å². The molecular formula is C23H25ClF2N4O3. The zero-order valence-corrected chi connectivity index (χ0v) is 18.8. The molecular weight excluding hydrogens is 454 g/mol. The van der Waals surface area contributed by atoms with Crippen LogP contribution in [-0.2, 0) is 15.1 Å². The van der Waals surface area contributed by atoms with Crippen LogP contribution >= 0.6 is 11.6 Å². The Morgan fingerprint density at radius 3 is 2.61 bits per heavy atom. The molecule has 1 amide bonds. The number of rotatable bonds is 6. The third kappa shape index (κ3) is 4.89. The maximum Gasteiger partial charge on any atom is 0.387 e. The zero-order chi connectivity index (χ0) is 23.6. The van der Waals surface area contributed by atoms with Crippen LogP contribution in [0.1, 0.15) is 31.7 Å². The Labute approximate surface area is 195 Å². The minimum Gasteiger partial charge on any atom is -0.433 e. The molecule has 176 valence electrons. The van der Waals surface area contributed by atoms with Crippen molar-refractivity contribution in [3.63, 3.8) is 0 Å². The first-order chi connectivity index (χ1) is 15.8. The number of benzene rings is 2. The Morgan fingerprint density at radius 2 is 1.91 bits per heavy atom. The summed E-state index contributed by atoms with van der Waals surface area (Å²) in [7, 11) is 0. The van der Waals surface area contributed by atoms with Crippen LogP contribution in [0, 0.1) is 0 Å². The van der Waals surface area contributed by atoms with Crippen molar-refractivity contribution < 1.29 is 23.0 Å². The largest absolute Gasteiger partial charge is 0.433 e. The summed E-state index contributed by atoms with van der Waals surface area (Å²) in [5, 5.41) is 3.36. The number of amides is 1. The SMILES string of the molecule is C[C@@]1(c2cccc(Nc3ccccc3OC(F)F)c2Cl)CC(=O)N(C2CCOCC2)C(N)=N1. The number of aliphatic imine (C=N–C) groups is 1. The van der Waals surface area contributed by atoms with Crippen molar-refractivity contribution in [2.45, 2.75) is 44.4 Å². The molecule has 2 heterocycles. The Hall–Kier alpha value is -2.91. The zero-order valence-electron chi connectivity index (χ0n) is 18.1. The first kappa shape index (κ1) is 23.3. The topological polar surface area (TPSA) is 89.2 Å². The molecule has 1 saturated heterocycles. The van der Waals surface area contributed by atoms with Crippen molar-refractivity contribution in [1.82, 2.24) is 4.90 Å². The highest BCUT2D eigenvalue weighted by molar-refractivity contribution is 6.34. The van der Waals surface area contributed by atoms with E-state index in [0.29, 0.717) is 48.0 Å². The fourth-order valence-corrected chi connectivity index (χ4v) is 4.68. The van der Waals surface area contributed by atoms with Gasteiger partial charge in [-0.05, 0) is 38.0 Å². The minimum atomic E-state index is -2.96. The van der Waals surface area contributed by atoms with E-state index < -0.39 is 12.2 Å². The molecule has 7 nitrogen and oxygen atoms in total. The van der Waals surface area contributed by atoms with E-state index in [1.54, 1.807) is 48.2 Å². The average molecular weight is 479 g/mol. The molecule has 4 rings (SSSR count). The highest BCUT2D eigenvalue weighted by Gasteiger charge is 2.41. The Kier molecular flexibility index (Phi) is 6.71. The number of nitrogens with zero attached hydrogens (tertiary/aromatic N) is 2. The number of guanidine groups is 1. The van der Waals surface area contributed by atoms with E-state index in [1.807, 2.05) is 0 Å². The normalized spacial score (nSPS) is 21.8. The number of carbonyl (C=O) groups excluding carboxylic acids is 1. The summed E-state index contributed by atoms with van der Waals surface area (Å²) in [4.78, 5) is 19.4. The van der Waals surface area contributed by atoms with E-state index in [0.717, 1.165) is 0 Å². The number of alkyl halides is 2. The molecule has 10 heteroatoms. The molecule has 0 unspecified atom stereocenters. The first-order valence-electron chi connectivity index (χ1n) is 10.6. The van der Waals surface area contributed by atoms with Gasteiger partial charge in [0.15, 0.2) is 5.96 Å². The van der Waals surface area contributed by atoms with Gasteiger partial charge >= 0.3 is 6.61 Å². The van der Waals surface area contributed by atoms with Crippen LogP contribution < -0.4 is 15.8 Å². The highest BCUT2D eigenvalue weighted by atomic mass is 35.5. The fraction of sp³-hybridized carbons (Fsp3) is 0.391. The Morgan fingerprint density at radius 1 is 1.21 bits per heavy atom. The van der Waals surface area contributed by atoms with Crippen molar-refractivity contribution in [3.05, 3.63) is 53.1 Å². The van der Waals surface area contributed by atoms with Gasteiger partial charge in [-0.2, -0.15) is 8.78 Å². The summed E-state index contributed by atoms with van der Waals surface area (Å²) in [5.41, 5.74) is 6.68. The molecule has 1 fully saturated rings. The lowest BCUT2D eigenvalue weighted by atomic mass is 9.86. The summed E-state index contributed by atoms with van der Waals surface area (Å²) in [6.45, 7) is 0.000537. The van der Waals surface area contributed by atoms with Gasteiger partial charge < -0.3 is 20.5 Å². The molecule has 33 heavy (non-hydrogen) atoms.